The van der Waals surface area contributed by atoms with Crippen molar-refractivity contribution in [2.75, 3.05) is 43.0 Å². The normalized spacial score (nSPS) is 17.1. The third-order valence-corrected chi connectivity index (χ3v) is 7.48. The Morgan fingerprint density at radius 1 is 1.00 bits per heavy atom. The summed E-state index contributed by atoms with van der Waals surface area (Å²) in [5, 5.41) is 6.48. The molecule has 0 radical (unpaired) electrons. The second-order valence-electron chi connectivity index (χ2n) is 10.7. The predicted molar refractivity (Wildman–Crippen MR) is 157 cm³/mol. The van der Waals surface area contributed by atoms with Gasteiger partial charge in [-0.3, -0.25) is 4.79 Å². The number of anilines is 3. The number of pyridine rings is 1. The zero-order valence-electron chi connectivity index (χ0n) is 23.2. The fourth-order valence-corrected chi connectivity index (χ4v) is 5.10. The third kappa shape index (κ3) is 6.83. The molecule has 41 heavy (non-hydrogen) atoms. The van der Waals surface area contributed by atoms with E-state index in [0.717, 1.165) is 55.1 Å². The molecule has 0 amide bonds. The van der Waals surface area contributed by atoms with Crippen LogP contribution in [0.1, 0.15) is 29.9 Å². The maximum absolute atomic E-state index is 12.6. The average molecular weight is 551 g/mol. The van der Waals surface area contributed by atoms with E-state index in [0.29, 0.717) is 48.8 Å². The van der Waals surface area contributed by atoms with E-state index in [1.165, 1.54) is 0 Å². The van der Waals surface area contributed by atoms with Gasteiger partial charge >= 0.3 is 5.97 Å². The summed E-state index contributed by atoms with van der Waals surface area (Å²) in [6.45, 7) is 5.99. The molecule has 0 aliphatic carbocycles. The number of rotatable bonds is 9. The largest absolute Gasteiger partial charge is 0.465 e. The second-order valence-corrected chi connectivity index (χ2v) is 10.7. The summed E-state index contributed by atoms with van der Waals surface area (Å²) >= 11 is 0. The first-order valence-electron chi connectivity index (χ1n) is 14.2. The van der Waals surface area contributed by atoms with Gasteiger partial charge in [-0.15, -0.1) is 0 Å². The molecule has 10 heteroatoms. The first-order valence-corrected chi connectivity index (χ1v) is 14.2. The number of nitrogens with one attached hydrogen (secondary N) is 2. The first-order chi connectivity index (χ1) is 20.1. The number of nitrogens with zero attached hydrogens (tertiary/aromatic N) is 6. The van der Waals surface area contributed by atoms with E-state index >= 15 is 0 Å². The summed E-state index contributed by atoms with van der Waals surface area (Å²) in [5.74, 6) is 2.89. The van der Waals surface area contributed by atoms with Crippen LogP contribution in [0.3, 0.4) is 0 Å². The topological polar surface area (TPSA) is 118 Å². The number of carbonyl (C=O) groups is 1. The number of hydrogen-bond donors (Lipinski definition) is 2. The lowest BCUT2D eigenvalue weighted by atomic mass is 9.97. The standard InChI is InChI=1S/C31H34N8O2/c1-21-4-2-6-26(35-21)30-34-14-12-28(38-30)36-27-11-13-33-29(37-27)16-22-7-9-25(10-8-22)39-15-3-5-24(19-39)31(40)41-20-23-17-32-18-23/h2,4,6-14,23-24,32H,3,5,15-20H2,1H3,(H,33,34,36,37,38). The quantitative estimate of drug-likeness (QED) is 0.297. The number of carbonyl (C=O) groups excluding carboxylic acids is 1. The molecule has 6 rings (SSSR count). The molecule has 2 saturated heterocycles. The fraction of sp³-hybridized carbons (Fsp3) is 0.355. The lowest BCUT2D eigenvalue weighted by molar-refractivity contribution is -0.150. The van der Waals surface area contributed by atoms with Gasteiger partial charge in [0.15, 0.2) is 5.82 Å². The molecule has 0 bridgehead atoms. The molecule has 2 fully saturated rings. The van der Waals surface area contributed by atoms with Crippen molar-refractivity contribution in [2.45, 2.75) is 26.2 Å². The molecular formula is C31H34N8O2. The van der Waals surface area contributed by atoms with Gasteiger partial charge in [0.1, 0.15) is 23.2 Å². The monoisotopic (exact) mass is 550 g/mol. The highest BCUT2D eigenvalue weighted by Gasteiger charge is 2.28. The van der Waals surface area contributed by atoms with E-state index in [9.17, 15) is 4.79 Å². The van der Waals surface area contributed by atoms with Crippen molar-refractivity contribution in [1.29, 1.82) is 0 Å². The van der Waals surface area contributed by atoms with Crippen LogP contribution in [0.2, 0.25) is 0 Å². The molecule has 1 atom stereocenters. The smallest absolute Gasteiger partial charge is 0.310 e. The Balaban J connectivity index is 1.06. The fourth-order valence-electron chi connectivity index (χ4n) is 5.10. The summed E-state index contributed by atoms with van der Waals surface area (Å²) in [6, 6.07) is 17.9. The van der Waals surface area contributed by atoms with Crippen molar-refractivity contribution < 1.29 is 9.53 Å². The van der Waals surface area contributed by atoms with E-state index in [-0.39, 0.29) is 11.9 Å². The predicted octanol–water partition coefficient (Wildman–Crippen LogP) is 3.95. The molecule has 1 aromatic carbocycles. The molecule has 0 saturated carbocycles. The highest BCUT2D eigenvalue weighted by molar-refractivity contribution is 5.73. The molecule has 210 valence electrons. The van der Waals surface area contributed by atoms with Gasteiger partial charge in [-0.2, -0.15) is 0 Å². The van der Waals surface area contributed by atoms with Gasteiger partial charge in [0.2, 0.25) is 0 Å². The van der Waals surface area contributed by atoms with Crippen LogP contribution in [0.5, 0.6) is 0 Å². The van der Waals surface area contributed by atoms with Gasteiger partial charge in [-0.1, -0.05) is 18.2 Å². The van der Waals surface area contributed by atoms with Crippen LogP contribution in [0.25, 0.3) is 11.5 Å². The molecule has 0 spiro atoms. The van der Waals surface area contributed by atoms with Gasteiger partial charge in [-0.25, -0.2) is 24.9 Å². The molecule has 2 aliphatic rings. The zero-order chi connectivity index (χ0) is 28.0. The van der Waals surface area contributed by atoms with Gasteiger partial charge < -0.3 is 20.3 Å². The van der Waals surface area contributed by atoms with Crippen molar-refractivity contribution in [1.82, 2.24) is 30.2 Å². The Hall–Kier alpha value is -4.44. The van der Waals surface area contributed by atoms with Gasteiger partial charge in [-0.05, 0) is 61.7 Å². The lowest BCUT2D eigenvalue weighted by Gasteiger charge is -2.34. The minimum Gasteiger partial charge on any atom is -0.465 e. The SMILES string of the molecule is Cc1cccc(-c2nccc(Nc3ccnc(Cc4ccc(N5CCCC(C(=O)OCC6CNC6)C5)cc4)n3)n2)n1. The van der Waals surface area contributed by atoms with E-state index in [1.54, 1.807) is 18.5 Å². The molecule has 5 heterocycles. The van der Waals surface area contributed by atoms with Gasteiger partial charge in [0.05, 0.1) is 12.5 Å². The number of aromatic nitrogens is 5. The van der Waals surface area contributed by atoms with Crippen LogP contribution in [0, 0.1) is 18.8 Å². The van der Waals surface area contributed by atoms with Gasteiger partial charge in [0, 0.05) is 62.3 Å². The van der Waals surface area contributed by atoms with Crippen molar-refractivity contribution >= 4 is 23.3 Å². The van der Waals surface area contributed by atoms with Crippen molar-refractivity contribution in [3.05, 3.63) is 84.1 Å². The Labute approximate surface area is 239 Å². The molecule has 10 nitrogen and oxygen atoms in total. The second kappa shape index (κ2) is 12.4. The minimum absolute atomic E-state index is 0.0612. The lowest BCUT2D eigenvalue weighted by Crippen LogP contribution is -2.46. The number of benzene rings is 1. The number of piperidine rings is 1. The Kier molecular flexibility index (Phi) is 8.09. The highest BCUT2D eigenvalue weighted by atomic mass is 16.5. The van der Waals surface area contributed by atoms with E-state index in [2.05, 4.69) is 59.7 Å². The van der Waals surface area contributed by atoms with Crippen molar-refractivity contribution in [3.63, 3.8) is 0 Å². The van der Waals surface area contributed by atoms with Crippen LogP contribution >= 0.6 is 0 Å². The van der Waals surface area contributed by atoms with Crippen LogP contribution < -0.4 is 15.5 Å². The maximum Gasteiger partial charge on any atom is 0.310 e. The first kappa shape index (κ1) is 26.8. The summed E-state index contributed by atoms with van der Waals surface area (Å²) in [6.07, 6.45) is 5.92. The van der Waals surface area contributed by atoms with Gasteiger partial charge in [0.25, 0.3) is 0 Å². The number of aryl methyl sites for hydroxylation is 1. The van der Waals surface area contributed by atoms with Crippen LogP contribution in [-0.4, -0.2) is 63.7 Å². The molecular weight excluding hydrogens is 516 g/mol. The highest BCUT2D eigenvalue weighted by Crippen LogP contribution is 2.25. The van der Waals surface area contributed by atoms with E-state index in [1.807, 2.05) is 31.2 Å². The van der Waals surface area contributed by atoms with E-state index in [4.69, 9.17) is 9.72 Å². The van der Waals surface area contributed by atoms with Crippen molar-refractivity contribution in [3.8, 4) is 11.5 Å². The van der Waals surface area contributed by atoms with Crippen LogP contribution in [0.15, 0.2) is 67.0 Å². The molecule has 3 aromatic heterocycles. The third-order valence-electron chi connectivity index (χ3n) is 7.48. The van der Waals surface area contributed by atoms with E-state index < -0.39 is 0 Å². The summed E-state index contributed by atoms with van der Waals surface area (Å²) < 4.78 is 5.60. The Bertz CT molecular complexity index is 1490. The number of esters is 1. The summed E-state index contributed by atoms with van der Waals surface area (Å²) in [7, 11) is 0. The molecule has 4 aromatic rings. The number of hydrogen-bond acceptors (Lipinski definition) is 10. The average Bonchev–Trinajstić information content (AvgIpc) is 2.97. The molecule has 2 aliphatic heterocycles. The zero-order valence-corrected chi connectivity index (χ0v) is 23.2. The molecule has 2 N–H and O–H groups in total. The van der Waals surface area contributed by atoms with Crippen LogP contribution in [-0.2, 0) is 16.0 Å². The molecule has 1 unspecified atom stereocenters. The van der Waals surface area contributed by atoms with Crippen LogP contribution in [0.4, 0.5) is 17.3 Å². The Morgan fingerprint density at radius 3 is 2.59 bits per heavy atom. The minimum atomic E-state index is -0.0702. The number of ether oxygens (including phenoxy) is 1. The summed E-state index contributed by atoms with van der Waals surface area (Å²) in [4.78, 5) is 37.6. The Morgan fingerprint density at radius 2 is 1.80 bits per heavy atom. The van der Waals surface area contributed by atoms with Crippen molar-refractivity contribution in [2.24, 2.45) is 11.8 Å². The summed E-state index contributed by atoms with van der Waals surface area (Å²) in [5.41, 5.74) is 3.87. The maximum atomic E-state index is 12.6.